The van der Waals surface area contributed by atoms with Gasteiger partial charge in [-0.25, -0.2) is 0 Å². The van der Waals surface area contributed by atoms with Gasteiger partial charge < -0.3 is 44.8 Å². The van der Waals surface area contributed by atoms with Gasteiger partial charge in [-0.1, -0.05) is 58.9 Å². The number of aliphatic hydroxyl groups is 3. The van der Waals surface area contributed by atoms with E-state index in [-0.39, 0.29) is 37.1 Å². The maximum absolute atomic E-state index is 11.4. The van der Waals surface area contributed by atoms with Crippen LogP contribution < -0.4 is 0 Å². The van der Waals surface area contributed by atoms with Crippen molar-refractivity contribution in [1.29, 1.82) is 0 Å². The lowest BCUT2D eigenvalue weighted by Crippen LogP contribution is -2.27. The molecule has 0 aromatic heterocycles. The molecule has 0 saturated heterocycles. The minimum Gasteiger partial charge on any atom is -0.507 e. The first-order valence-corrected chi connectivity index (χ1v) is 20.1. The van der Waals surface area contributed by atoms with Gasteiger partial charge in [0.2, 0.25) is 0 Å². The minimum absolute atomic E-state index is 0.00444. The molecule has 4 unspecified atom stereocenters. The van der Waals surface area contributed by atoms with E-state index in [1.165, 1.54) is 0 Å². The van der Waals surface area contributed by atoms with Gasteiger partial charge in [-0.15, -0.1) is 0 Å². The molecule has 4 atom stereocenters. The van der Waals surface area contributed by atoms with Crippen molar-refractivity contribution in [3.63, 3.8) is 0 Å². The molecule has 0 fully saturated rings. The van der Waals surface area contributed by atoms with Crippen LogP contribution in [0.5, 0.6) is 17.2 Å². The van der Waals surface area contributed by atoms with Gasteiger partial charge in [0.25, 0.3) is 0 Å². The number of rotatable bonds is 20. The van der Waals surface area contributed by atoms with Crippen molar-refractivity contribution in [2.75, 3.05) is 19.8 Å². The molecule has 0 radical (unpaired) electrons. The lowest BCUT2D eigenvalue weighted by atomic mass is 9.68. The van der Waals surface area contributed by atoms with Crippen LogP contribution in [0.1, 0.15) is 161 Å². The average molecular weight is 773 g/mol. The van der Waals surface area contributed by atoms with Crippen molar-refractivity contribution < 1.29 is 44.8 Å². The summed E-state index contributed by atoms with van der Waals surface area (Å²) < 4.78 is 17.4. The van der Waals surface area contributed by atoms with Gasteiger partial charge in [-0.05, 0) is 111 Å². The van der Waals surface area contributed by atoms with Gasteiger partial charge in [0.1, 0.15) is 17.2 Å². The second-order valence-electron chi connectivity index (χ2n) is 15.2. The number of aliphatic hydroxyl groups excluding tert-OH is 3. The number of benzene rings is 4. The topological polar surface area (TPSA) is 149 Å². The summed E-state index contributed by atoms with van der Waals surface area (Å²) in [5.74, 6) is 0.0459. The predicted octanol–water partition coefficient (Wildman–Crippen LogP) is 9.42. The maximum atomic E-state index is 11.4. The minimum atomic E-state index is -0.915. The Hall–Kier alpha value is -3.96. The molecule has 56 heavy (non-hydrogen) atoms. The molecule has 0 aliphatic carbocycles. The quantitative estimate of drug-likeness (QED) is 0.0483. The van der Waals surface area contributed by atoms with E-state index in [1.807, 2.05) is 77.9 Å². The van der Waals surface area contributed by atoms with Crippen molar-refractivity contribution >= 4 is 0 Å². The van der Waals surface area contributed by atoms with Gasteiger partial charge in [0, 0.05) is 64.0 Å². The van der Waals surface area contributed by atoms with Gasteiger partial charge in [-0.3, -0.25) is 0 Å². The van der Waals surface area contributed by atoms with Crippen LogP contribution in [-0.2, 0) is 44.9 Å². The van der Waals surface area contributed by atoms with Crippen molar-refractivity contribution in [3.05, 3.63) is 122 Å². The van der Waals surface area contributed by atoms with E-state index in [0.717, 1.165) is 27.8 Å². The number of phenols is 3. The van der Waals surface area contributed by atoms with E-state index in [4.69, 9.17) is 14.2 Å². The van der Waals surface area contributed by atoms with Crippen molar-refractivity contribution in [1.82, 2.24) is 0 Å². The molecule has 0 spiro atoms. The largest absolute Gasteiger partial charge is 0.507 e. The fourth-order valence-corrected chi connectivity index (χ4v) is 7.37. The van der Waals surface area contributed by atoms with Gasteiger partial charge in [0.05, 0.1) is 38.1 Å². The summed E-state index contributed by atoms with van der Waals surface area (Å²) in [4.78, 5) is 0. The van der Waals surface area contributed by atoms with Crippen LogP contribution in [-0.4, -0.2) is 50.5 Å². The Kier molecular flexibility index (Phi) is 15.6. The molecule has 306 valence electrons. The normalized spacial score (nSPS) is 14.7. The van der Waals surface area contributed by atoms with E-state index < -0.39 is 29.1 Å². The van der Waals surface area contributed by atoms with E-state index in [0.29, 0.717) is 72.5 Å². The summed E-state index contributed by atoms with van der Waals surface area (Å²) >= 11 is 0. The molecule has 0 aliphatic rings. The zero-order chi connectivity index (χ0) is 41.4. The highest BCUT2D eigenvalue weighted by Gasteiger charge is 2.36. The fraction of sp³-hybridized carbons (Fsp3) is 0.489. The molecular formula is C47H64O9. The zero-order valence-electron chi connectivity index (χ0n) is 34.8. The van der Waals surface area contributed by atoms with Gasteiger partial charge in [-0.2, -0.15) is 0 Å². The van der Waals surface area contributed by atoms with E-state index >= 15 is 0 Å². The molecule has 6 N–H and O–H groups in total. The number of hydrogen-bond donors (Lipinski definition) is 6. The van der Waals surface area contributed by atoms with Crippen LogP contribution in [0.15, 0.2) is 60.7 Å². The van der Waals surface area contributed by atoms with Crippen LogP contribution in [0.4, 0.5) is 0 Å². The third-order valence-electron chi connectivity index (χ3n) is 11.3. The first-order valence-electron chi connectivity index (χ1n) is 20.1. The molecule has 4 aromatic rings. The van der Waals surface area contributed by atoms with E-state index in [2.05, 4.69) is 45.0 Å². The lowest BCUT2D eigenvalue weighted by Gasteiger charge is -2.35. The molecule has 0 aliphatic heterocycles. The Bertz CT molecular complexity index is 1840. The highest BCUT2D eigenvalue weighted by Crippen LogP contribution is 2.46. The Morgan fingerprint density at radius 3 is 1.18 bits per heavy atom. The van der Waals surface area contributed by atoms with Crippen LogP contribution in [0, 0.1) is 0 Å². The number of phenolic OH excluding ortho intramolecular Hbond substituents is 3. The average Bonchev–Trinajstić information content (AvgIpc) is 3.21. The monoisotopic (exact) mass is 772 g/mol. The Labute approximate surface area is 333 Å². The number of hydrogen-bond acceptors (Lipinski definition) is 9. The van der Waals surface area contributed by atoms with Crippen molar-refractivity contribution in [2.24, 2.45) is 0 Å². The number of aromatic hydroxyl groups is 3. The van der Waals surface area contributed by atoms with Crippen molar-refractivity contribution in [2.45, 2.75) is 131 Å². The maximum Gasteiger partial charge on any atom is 0.127 e. The fourth-order valence-electron chi connectivity index (χ4n) is 7.37. The Morgan fingerprint density at radius 1 is 0.446 bits per heavy atom. The Balaban J connectivity index is 2.02. The molecule has 4 rings (SSSR count). The second kappa shape index (κ2) is 19.5. The van der Waals surface area contributed by atoms with Crippen LogP contribution >= 0.6 is 0 Å². The summed E-state index contributed by atoms with van der Waals surface area (Å²) in [7, 11) is 0. The molecule has 0 bridgehead atoms. The van der Waals surface area contributed by atoms with Crippen LogP contribution in [0.25, 0.3) is 0 Å². The van der Waals surface area contributed by atoms with E-state index in [1.54, 1.807) is 0 Å². The molecule has 0 saturated carbocycles. The summed E-state index contributed by atoms with van der Waals surface area (Å²) in [6.45, 7) is 19.4. The summed E-state index contributed by atoms with van der Waals surface area (Å²) in [5.41, 5.74) is 5.86. The predicted molar refractivity (Wildman–Crippen MR) is 220 cm³/mol. The summed E-state index contributed by atoms with van der Waals surface area (Å²) in [6.07, 6.45) is -1.49. The first kappa shape index (κ1) is 44.8. The van der Waals surface area contributed by atoms with Crippen LogP contribution in [0.2, 0.25) is 0 Å². The molecule has 9 nitrogen and oxygen atoms in total. The summed E-state index contributed by atoms with van der Waals surface area (Å²) in [5, 5.41) is 66.9. The third kappa shape index (κ3) is 9.25. The summed E-state index contributed by atoms with van der Waals surface area (Å²) in [6, 6.07) is 19.7. The zero-order valence-corrected chi connectivity index (χ0v) is 34.8. The van der Waals surface area contributed by atoms with Gasteiger partial charge >= 0.3 is 0 Å². The highest BCUT2D eigenvalue weighted by molar-refractivity contribution is 5.59. The van der Waals surface area contributed by atoms with Gasteiger partial charge in [0.15, 0.2) is 0 Å². The molecular weight excluding hydrogens is 709 g/mol. The third-order valence-corrected chi connectivity index (χ3v) is 11.3. The SMILES string of the molecule is CCOCc1cc(C(C)(c2ccc(C(C)(C)c3cc(C(O)CC)c(O)c(C(O)CC)c3)cc2)c2cc(COCC)c(O)c(C(O)CC)c2)cc(COCC)c1O. The molecule has 9 heteroatoms. The molecule has 0 heterocycles. The Morgan fingerprint density at radius 2 is 0.786 bits per heavy atom. The number of ether oxygens (including phenoxy) is 3. The first-order chi connectivity index (χ1) is 26.6. The highest BCUT2D eigenvalue weighted by atomic mass is 16.5. The van der Waals surface area contributed by atoms with Crippen LogP contribution in [0.3, 0.4) is 0 Å². The lowest BCUT2D eigenvalue weighted by molar-refractivity contribution is 0.126. The molecule has 0 amide bonds. The molecule has 4 aromatic carbocycles. The van der Waals surface area contributed by atoms with E-state index in [9.17, 15) is 30.6 Å². The second-order valence-corrected chi connectivity index (χ2v) is 15.2. The smallest absolute Gasteiger partial charge is 0.127 e. The van der Waals surface area contributed by atoms with Crippen molar-refractivity contribution in [3.8, 4) is 17.2 Å². The standard InChI is InChI=1S/C47H64O9/c1-10-40(48)37-25-36(22-31(44(37)52)28-56-15-6)47(9,35-20-29(26-54-13-4)43(51)30(21-35)27-55-14-5)33-18-16-32(17-19-33)46(7,8)34-23-38(41(49)11-2)45(53)39(24-34)42(50)12-3/h16-25,40-42,48-53H,10-15,26-28H2,1-9H3.